The summed E-state index contributed by atoms with van der Waals surface area (Å²) in [5.41, 5.74) is 1.56. The summed E-state index contributed by atoms with van der Waals surface area (Å²) in [5, 5.41) is 22.6. The molecule has 0 radical (unpaired) electrons. The van der Waals surface area contributed by atoms with Crippen LogP contribution in [0, 0.1) is 0 Å². The molecule has 3 rings (SSSR count). The Balaban J connectivity index is 1.58. The maximum Gasteiger partial charge on any atom is 0.341 e. The van der Waals surface area contributed by atoms with Crippen molar-refractivity contribution in [2.75, 3.05) is 19.7 Å². The van der Waals surface area contributed by atoms with Crippen molar-refractivity contribution in [2.45, 2.75) is 22.3 Å². The molecule has 3 N–H and O–H groups in total. The number of sulfone groups is 1. The number of aliphatic hydroxyl groups is 1. The number of carboxylic acid groups (broad SMARTS) is 1. The number of rotatable bonds is 11. The minimum atomic E-state index is -3.74. The molecule has 0 saturated carbocycles. The largest absolute Gasteiger partial charge is 0.482 e. The lowest BCUT2D eigenvalue weighted by atomic mass is 10.1. The normalized spacial score (nSPS) is 12.3. The number of aliphatic hydroxyl groups excluding tert-OH is 1. The molecule has 0 aliphatic heterocycles. The van der Waals surface area contributed by atoms with Crippen molar-refractivity contribution in [2.24, 2.45) is 0 Å². The van der Waals surface area contributed by atoms with Crippen LogP contribution in [0.4, 0.5) is 0 Å². The second-order valence-corrected chi connectivity index (χ2v) is 9.72. The molecule has 0 bridgehead atoms. The number of halogens is 1. The van der Waals surface area contributed by atoms with E-state index in [4.69, 9.17) is 21.4 Å². The molecule has 33 heavy (non-hydrogen) atoms. The number of aliphatic carboxylic acids is 1. The van der Waals surface area contributed by atoms with Crippen LogP contribution in [0.3, 0.4) is 0 Å². The number of hydrogen-bond donors (Lipinski definition) is 3. The van der Waals surface area contributed by atoms with Gasteiger partial charge in [-0.05, 0) is 72.6 Å². The van der Waals surface area contributed by atoms with E-state index in [0.29, 0.717) is 24.5 Å². The Labute approximate surface area is 197 Å². The molecule has 174 valence electrons. The number of carbonyl (C=O) groups is 1. The summed E-state index contributed by atoms with van der Waals surface area (Å²) in [4.78, 5) is 10.8. The summed E-state index contributed by atoms with van der Waals surface area (Å²) in [7, 11) is -3.74. The maximum atomic E-state index is 13.0. The number of hydrogen-bond acceptors (Lipinski definition) is 6. The highest BCUT2D eigenvalue weighted by Crippen LogP contribution is 2.24. The number of nitrogens with one attached hydrogen (secondary N) is 1. The van der Waals surface area contributed by atoms with E-state index in [1.54, 1.807) is 36.4 Å². The smallest absolute Gasteiger partial charge is 0.341 e. The van der Waals surface area contributed by atoms with Gasteiger partial charge in [0.15, 0.2) is 6.61 Å². The van der Waals surface area contributed by atoms with E-state index in [1.807, 2.05) is 6.07 Å². The fourth-order valence-corrected chi connectivity index (χ4v) is 4.70. The van der Waals surface area contributed by atoms with Crippen LogP contribution >= 0.6 is 11.6 Å². The summed E-state index contributed by atoms with van der Waals surface area (Å²) in [6.45, 7) is 0.393. The van der Waals surface area contributed by atoms with Crippen molar-refractivity contribution in [3.05, 3.63) is 88.9 Å². The van der Waals surface area contributed by atoms with E-state index in [1.165, 1.54) is 30.3 Å². The van der Waals surface area contributed by atoms with Crippen LogP contribution in [0.1, 0.15) is 17.2 Å². The quantitative estimate of drug-likeness (QED) is 0.353. The van der Waals surface area contributed by atoms with E-state index in [0.717, 1.165) is 11.1 Å². The highest BCUT2D eigenvalue weighted by molar-refractivity contribution is 7.91. The molecule has 0 unspecified atom stereocenters. The van der Waals surface area contributed by atoms with Gasteiger partial charge in [-0.2, -0.15) is 0 Å². The molecule has 1 atom stereocenters. The van der Waals surface area contributed by atoms with Crippen molar-refractivity contribution < 1.29 is 28.2 Å². The third-order valence-electron chi connectivity index (χ3n) is 4.87. The van der Waals surface area contributed by atoms with Gasteiger partial charge in [-0.15, -0.1) is 0 Å². The summed E-state index contributed by atoms with van der Waals surface area (Å²) in [6.07, 6.45) is -0.119. The van der Waals surface area contributed by atoms with Crippen molar-refractivity contribution in [1.29, 1.82) is 0 Å². The Morgan fingerprint density at radius 3 is 2.42 bits per heavy atom. The van der Waals surface area contributed by atoms with E-state index in [2.05, 4.69) is 5.32 Å². The summed E-state index contributed by atoms with van der Waals surface area (Å²) >= 11 is 5.95. The van der Waals surface area contributed by atoms with Crippen molar-refractivity contribution in [1.82, 2.24) is 5.32 Å². The Bertz CT molecular complexity index is 1200. The molecule has 0 heterocycles. The molecule has 0 aliphatic carbocycles. The van der Waals surface area contributed by atoms with Crippen LogP contribution in [-0.4, -0.2) is 44.3 Å². The second kappa shape index (κ2) is 11.3. The number of carboxylic acids is 1. The molecular weight excluding hydrogens is 466 g/mol. The van der Waals surface area contributed by atoms with Crippen LogP contribution in [0.2, 0.25) is 5.02 Å². The van der Waals surface area contributed by atoms with Gasteiger partial charge in [0.2, 0.25) is 9.84 Å². The van der Waals surface area contributed by atoms with E-state index in [9.17, 15) is 18.3 Å². The average Bonchev–Trinajstić information content (AvgIpc) is 2.81. The van der Waals surface area contributed by atoms with E-state index < -0.39 is 28.5 Å². The first-order chi connectivity index (χ1) is 15.8. The van der Waals surface area contributed by atoms with Gasteiger partial charge in [0.05, 0.1) is 15.9 Å². The minimum Gasteiger partial charge on any atom is -0.482 e. The predicted molar refractivity (Wildman–Crippen MR) is 124 cm³/mol. The topological polar surface area (TPSA) is 113 Å². The van der Waals surface area contributed by atoms with Crippen LogP contribution in [-0.2, 0) is 21.1 Å². The number of ether oxygens (including phenoxy) is 1. The van der Waals surface area contributed by atoms with Gasteiger partial charge < -0.3 is 20.3 Å². The Hall–Kier alpha value is -2.91. The fourth-order valence-electron chi connectivity index (χ4n) is 3.17. The minimum absolute atomic E-state index is 0.0881. The molecular formula is C24H24ClNO6S. The van der Waals surface area contributed by atoms with Crippen LogP contribution in [0.25, 0.3) is 0 Å². The summed E-state index contributed by atoms with van der Waals surface area (Å²) in [5.74, 6) is -0.840. The van der Waals surface area contributed by atoms with Crippen LogP contribution in [0.15, 0.2) is 82.6 Å². The molecule has 0 saturated heterocycles. The molecule has 0 amide bonds. The first kappa shape index (κ1) is 24.7. The third-order valence-corrected chi connectivity index (χ3v) is 6.87. The Morgan fingerprint density at radius 2 is 1.73 bits per heavy atom. The average molecular weight is 490 g/mol. The second-order valence-electron chi connectivity index (χ2n) is 7.33. The highest BCUT2D eigenvalue weighted by Gasteiger charge is 2.18. The highest BCUT2D eigenvalue weighted by atomic mass is 35.5. The van der Waals surface area contributed by atoms with E-state index >= 15 is 0 Å². The standard InChI is InChI=1S/C24H24ClNO6S/c25-19-5-2-4-18(14-19)23(27)15-26-12-11-17-3-1-6-22(13-17)33(30,31)21-9-7-20(8-10-21)32-16-24(28)29/h1-10,13-14,23,26-27H,11-12,15-16H2,(H,28,29)/t23-/m1/s1. The van der Waals surface area contributed by atoms with E-state index in [-0.39, 0.29) is 15.5 Å². The SMILES string of the molecule is O=C(O)COc1ccc(S(=O)(=O)c2cccc(CCNC[C@@H](O)c3cccc(Cl)c3)c2)cc1. The van der Waals surface area contributed by atoms with Gasteiger partial charge in [-0.25, -0.2) is 13.2 Å². The molecule has 0 fully saturated rings. The van der Waals surface area contributed by atoms with Gasteiger partial charge in [-0.1, -0.05) is 35.9 Å². The molecule has 3 aromatic rings. The predicted octanol–water partition coefficient (Wildman–Crippen LogP) is 3.50. The molecule has 9 heteroatoms. The van der Waals surface area contributed by atoms with Gasteiger partial charge in [0.1, 0.15) is 5.75 Å². The fraction of sp³-hybridized carbons (Fsp3) is 0.208. The molecule has 0 spiro atoms. The van der Waals surface area contributed by atoms with Gasteiger partial charge in [0.25, 0.3) is 0 Å². The maximum absolute atomic E-state index is 13.0. The summed E-state index contributed by atoms with van der Waals surface area (Å²) < 4.78 is 31.0. The number of benzene rings is 3. The monoisotopic (exact) mass is 489 g/mol. The zero-order chi connectivity index (χ0) is 23.8. The summed E-state index contributed by atoms with van der Waals surface area (Å²) in [6, 6.07) is 19.4. The zero-order valence-corrected chi connectivity index (χ0v) is 19.2. The Kier molecular flexibility index (Phi) is 8.46. The Morgan fingerprint density at radius 1 is 1.00 bits per heavy atom. The molecule has 0 aliphatic rings. The first-order valence-corrected chi connectivity index (χ1v) is 12.0. The lowest BCUT2D eigenvalue weighted by Crippen LogP contribution is -2.23. The molecule has 3 aromatic carbocycles. The van der Waals surface area contributed by atoms with Crippen LogP contribution < -0.4 is 10.1 Å². The lowest BCUT2D eigenvalue weighted by molar-refractivity contribution is -0.139. The van der Waals surface area contributed by atoms with Crippen molar-refractivity contribution in [3.63, 3.8) is 0 Å². The third kappa shape index (κ3) is 7.03. The lowest BCUT2D eigenvalue weighted by Gasteiger charge is -2.13. The van der Waals surface area contributed by atoms with Gasteiger partial charge >= 0.3 is 5.97 Å². The van der Waals surface area contributed by atoms with Crippen LogP contribution in [0.5, 0.6) is 5.75 Å². The van der Waals surface area contributed by atoms with Gasteiger partial charge in [0, 0.05) is 11.6 Å². The molecule has 7 nitrogen and oxygen atoms in total. The van der Waals surface area contributed by atoms with Crippen molar-refractivity contribution >= 4 is 27.4 Å². The van der Waals surface area contributed by atoms with Crippen molar-refractivity contribution in [3.8, 4) is 5.75 Å². The van der Waals surface area contributed by atoms with Gasteiger partial charge in [-0.3, -0.25) is 0 Å². The molecule has 0 aromatic heterocycles. The first-order valence-electron chi connectivity index (χ1n) is 10.2. The zero-order valence-electron chi connectivity index (χ0n) is 17.6.